The van der Waals surface area contributed by atoms with Gasteiger partial charge in [-0.15, -0.1) is 0 Å². The Balaban J connectivity index is 1.30. The van der Waals surface area contributed by atoms with Crippen LogP contribution in [0.2, 0.25) is 0 Å². The summed E-state index contributed by atoms with van der Waals surface area (Å²) in [5.41, 5.74) is -1.43. The fourth-order valence-electron chi connectivity index (χ4n) is 6.74. The molecule has 3 fully saturated rings. The van der Waals surface area contributed by atoms with E-state index >= 15 is 0 Å². The number of allylic oxidation sites excluding steroid dienone is 1. The summed E-state index contributed by atoms with van der Waals surface area (Å²) in [7, 11) is 0. The monoisotopic (exact) mass is 668 g/mol. The number of carboxylic acids is 1. The number of nitrogens with zero attached hydrogens (tertiary/aromatic N) is 2. The lowest BCUT2D eigenvalue weighted by Gasteiger charge is -2.29. The zero-order valence-corrected chi connectivity index (χ0v) is 26.8. The number of pyridine rings is 1. The molecule has 4 aliphatic rings. The molecule has 2 aromatic rings. The quantitative estimate of drug-likeness (QED) is 0.372. The Labute approximate surface area is 277 Å². The van der Waals surface area contributed by atoms with E-state index in [1.165, 1.54) is 23.1 Å². The number of amides is 3. The van der Waals surface area contributed by atoms with E-state index in [2.05, 4.69) is 15.6 Å². The molecule has 2 saturated heterocycles. The number of fused-ring (bicyclic) bond motifs is 3. The van der Waals surface area contributed by atoms with E-state index in [9.17, 15) is 28.7 Å². The normalized spacial score (nSPS) is 29.2. The maximum atomic E-state index is 14.8. The number of aliphatic carboxylic acids is 1. The third kappa shape index (κ3) is 7.18. The molecule has 0 bridgehead atoms. The van der Waals surface area contributed by atoms with Gasteiger partial charge in [-0.05, 0) is 44.7 Å². The zero-order chi connectivity index (χ0) is 33.8. The highest BCUT2D eigenvalue weighted by Crippen LogP contribution is 2.45. The Morgan fingerprint density at radius 2 is 2.06 bits per heavy atom. The number of para-hydroxylation sites is 1. The first-order valence-electron chi connectivity index (χ1n) is 16.6. The standard InChI is InChI=1S/C34H41FN4O9/c1-2-46-28-16-27(23-10-8-11-24(35)29(23)37-28)47-22-15-26-30(40)38-34(32(42)43)17-20(34)9-6-4-3-5-7-12-25(31(41)39(26)18-22)36-33(44)48-21-13-14-45-19-21/h6,8-11,16,20-22,25-26H,2-5,7,12-15,17-19H2,1H3,(H,36,44)(H,38,40)(H,42,43)/t20-,21?,22-,25+,26+,34-/m1/s1. The van der Waals surface area contributed by atoms with E-state index in [0.29, 0.717) is 31.3 Å². The summed E-state index contributed by atoms with van der Waals surface area (Å²) in [6, 6.07) is 3.89. The summed E-state index contributed by atoms with van der Waals surface area (Å²) in [4.78, 5) is 59.1. The van der Waals surface area contributed by atoms with Gasteiger partial charge in [-0.25, -0.2) is 19.0 Å². The number of ether oxygens (including phenoxy) is 4. The van der Waals surface area contributed by atoms with E-state index < -0.39 is 59.5 Å². The molecule has 3 N–H and O–H groups in total. The van der Waals surface area contributed by atoms with Crippen LogP contribution in [0, 0.1) is 11.7 Å². The van der Waals surface area contributed by atoms with Gasteiger partial charge in [-0.2, -0.15) is 0 Å². The van der Waals surface area contributed by atoms with Crippen molar-refractivity contribution in [3.05, 3.63) is 42.2 Å². The van der Waals surface area contributed by atoms with Crippen LogP contribution in [0.15, 0.2) is 36.4 Å². The van der Waals surface area contributed by atoms with Gasteiger partial charge in [0.05, 0.1) is 26.4 Å². The predicted octanol–water partition coefficient (Wildman–Crippen LogP) is 3.48. The highest BCUT2D eigenvalue weighted by atomic mass is 19.1. The van der Waals surface area contributed by atoms with Gasteiger partial charge in [-0.3, -0.25) is 9.59 Å². The second-order valence-electron chi connectivity index (χ2n) is 12.7. The largest absolute Gasteiger partial charge is 0.488 e. The third-order valence-electron chi connectivity index (χ3n) is 9.39. The molecule has 13 nitrogen and oxygen atoms in total. The molecule has 4 heterocycles. The lowest BCUT2D eigenvalue weighted by Crippen LogP contribution is -2.56. The number of hydrogen-bond acceptors (Lipinski definition) is 9. The number of hydrogen-bond donors (Lipinski definition) is 3. The summed E-state index contributed by atoms with van der Waals surface area (Å²) in [5.74, 6) is -2.82. The summed E-state index contributed by atoms with van der Waals surface area (Å²) in [6.07, 6.45) is 5.92. The minimum absolute atomic E-state index is 0.0213. The van der Waals surface area contributed by atoms with Crippen molar-refractivity contribution in [2.24, 2.45) is 5.92 Å². The van der Waals surface area contributed by atoms with Gasteiger partial charge in [0.15, 0.2) is 0 Å². The average molecular weight is 669 g/mol. The number of carbonyl (C=O) groups excluding carboxylic acids is 3. The summed E-state index contributed by atoms with van der Waals surface area (Å²) in [6.45, 7) is 2.76. The van der Waals surface area contributed by atoms with Crippen molar-refractivity contribution >= 4 is 34.8 Å². The minimum atomic E-state index is -1.47. The van der Waals surface area contributed by atoms with Crippen LogP contribution in [0.5, 0.6) is 11.6 Å². The highest BCUT2D eigenvalue weighted by molar-refractivity contribution is 5.96. The maximum Gasteiger partial charge on any atom is 0.408 e. The molecule has 6 atom stereocenters. The molecular weight excluding hydrogens is 627 g/mol. The molecule has 48 heavy (non-hydrogen) atoms. The van der Waals surface area contributed by atoms with Crippen LogP contribution >= 0.6 is 0 Å². The van der Waals surface area contributed by atoms with Crippen molar-refractivity contribution in [2.75, 3.05) is 26.4 Å². The number of carboxylic acid groups (broad SMARTS) is 1. The molecule has 1 aliphatic carbocycles. The SMILES string of the molecule is CCOc1cc(O[C@@H]2C[C@H]3C(=O)N[C@]4(C(=O)O)C[C@H]4C=CCCCCC[C@H](NC(=O)OC4CCOC4)C(=O)N3C2)c2cccc(F)c2n1. The molecule has 0 spiro atoms. The molecule has 1 aromatic heterocycles. The van der Waals surface area contributed by atoms with Crippen LogP contribution in [-0.4, -0.2) is 95.1 Å². The predicted molar refractivity (Wildman–Crippen MR) is 169 cm³/mol. The van der Waals surface area contributed by atoms with Gasteiger partial charge >= 0.3 is 12.1 Å². The van der Waals surface area contributed by atoms with E-state index in [4.69, 9.17) is 18.9 Å². The number of aromatic nitrogens is 1. The topological polar surface area (TPSA) is 166 Å². The molecular formula is C34H41FN4O9. The van der Waals surface area contributed by atoms with Crippen LogP contribution in [0.3, 0.4) is 0 Å². The van der Waals surface area contributed by atoms with Crippen molar-refractivity contribution in [1.82, 2.24) is 20.5 Å². The van der Waals surface area contributed by atoms with E-state index in [1.807, 2.05) is 12.2 Å². The van der Waals surface area contributed by atoms with Crippen molar-refractivity contribution < 1.29 is 47.6 Å². The Hall–Kier alpha value is -4.46. The van der Waals surface area contributed by atoms with Gasteiger partial charge in [-0.1, -0.05) is 31.1 Å². The lowest BCUT2D eigenvalue weighted by molar-refractivity contribution is -0.145. The van der Waals surface area contributed by atoms with Crippen molar-refractivity contribution in [2.45, 2.75) is 88.1 Å². The highest BCUT2D eigenvalue weighted by Gasteiger charge is 2.61. The van der Waals surface area contributed by atoms with Crippen molar-refractivity contribution in [1.29, 1.82) is 0 Å². The van der Waals surface area contributed by atoms with E-state index in [-0.39, 0.29) is 55.7 Å². The fraction of sp³-hybridized carbons (Fsp3) is 0.559. The number of rotatable bonds is 7. The Bertz CT molecular complexity index is 1580. The molecule has 3 amide bonds. The summed E-state index contributed by atoms with van der Waals surface area (Å²) in [5, 5.41) is 16.0. The van der Waals surface area contributed by atoms with E-state index in [1.54, 1.807) is 13.0 Å². The van der Waals surface area contributed by atoms with Gasteiger partial charge in [0.2, 0.25) is 17.7 Å². The summed E-state index contributed by atoms with van der Waals surface area (Å²) < 4.78 is 37.5. The first-order chi connectivity index (χ1) is 23.2. The smallest absolute Gasteiger partial charge is 0.408 e. The third-order valence-corrected chi connectivity index (χ3v) is 9.39. The zero-order valence-electron chi connectivity index (χ0n) is 26.8. The van der Waals surface area contributed by atoms with Crippen LogP contribution in [0.25, 0.3) is 10.9 Å². The number of carbonyl (C=O) groups is 4. The number of nitrogens with one attached hydrogen (secondary N) is 2. The van der Waals surface area contributed by atoms with Crippen LogP contribution in [-0.2, 0) is 23.9 Å². The molecule has 258 valence electrons. The Morgan fingerprint density at radius 1 is 1.21 bits per heavy atom. The van der Waals surface area contributed by atoms with Crippen molar-refractivity contribution in [3.8, 4) is 11.6 Å². The molecule has 3 aliphatic heterocycles. The molecule has 14 heteroatoms. The van der Waals surface area contributed by atoms with Gasteiger partial charge < -0.3 is 39.6 Å². The molecule has 1 saturated carbocycles. The second kappa shape index (κ2) is 14.3. The average Bonchev–Trinajstić information content (AvgIpc) is 3.34. The lowest BCUT2D eigenvalue weighted by atomic mass is 10.0. The van der Waals surface area contributed by atoms with E-state index in [0.717, 1.165) is 19.3 Å². The maximum absolute atomic E-state index is 14.8. The molecule has 6 rings (SSSR count). The molecule has 1 aromatic carbocycles. The first kappa shape index (κ1) is 33.4. The number of halogens is 1. The fourth-order valence-corrected chi connectivity index (χ4v) is 6.74. The number of benzene rings is 1. The minimum Gasteiger partial charge on any atom is -0.488 e. The first-order valence-corrected chi connectivity index (χ1v) is 16.6. The Morgan fingerprint density at radius 3 is 2.83 bits per heavy atom. The number of alkyl carbamates (subject to hydrolysis) is 1. The van der Waals surface area contributed by atoms with Gasteiger partial charge in [0.25, 0.3) is 0 Å². The van der Waals surface area contributed by atoms with Gasteiger partial charge in [0, 0.05) is 30.2 Å². The molecule has 1 unspecified atom stereocenters. The Kier molecular flexibility index (Phi) is 9.99. The molecule has 0 radical (unpaired) electrons. The summed E-state index contributed by atoms with van der Waals surface area (Å²) >= 11 is 0. The van der Waals surface area contributed by atoms with Crippen LogP contribution in [0.4, 0.5) is 9.18 Å². The van der Waals surface area contributed by atoms with Crippen LogP contribution in [0.1, 0.15) is 58.3 Å². The van der Waals surface area contributed by atoms with Gasteiger partial charge in [0.1, 0.15) is 46.9 Å². The van der Waals surface area contributed by atoms with Crippen LogP contribution < -0.4 is 20.1 Å². The second-order valence-corrected chi connectivity index (χ2v) is 12.7. The van der Waals surface area contributed by atoms with Crippen molar-refractivity contribution in [3.63, 3.8) is 0 Å².